The van der Waals surface area contributed by atoms with Crippen LogP contribution in [0.2, 0.25) is 5.15 Å². The van der Waals surface area contributed by atoms with Crippen molar-refractivity contribution in [2.45, 2.75) is 13.5 Å². The third kappa shape index (κ3) is 1.76. The van der Waals surface area contributed by atoms with Gasteiger partial charge in [0.05, 0.1) is 12.2 Å². The molecule has 0 unspecified atom stereocenters. The summed E-state index contributed by atoms with van der Waals surface area (Å²) in [5.41, 5.74) is 1.54. The highest BCUT2D eigenvalue weighted by molar-refractivity contribution is 6.30. The summed E-state index contributed by atoms with van der Waals surface area (Å²) in [6, 6.07) is -0.385. The van der Waals surface area contributed by atoms with Crippen molar-refractivity contribution in [2.24, 2.45) is 7.05 Å². The van der Waals surface area contributed by atoms with E-state index in [-0.39, 0.29) is 18.5 Å². The monoisotopic (exact) mass is 242 g/mol. The van der Waals surface area contributed by atoms with Crippen LogP contribution in [0.5, 0.6) is 0 Å². The van der Waals surface area contributed by atoms with E-state index in [1.165, 1.54) is 4.90 Å². The lowest BCUT2D eigenvalue weighted by Gasteiger charge is -2.12. The predicted octanol–water partition coefficient (Wildman–Crippen LogP) is 0.434. The van der Waals surface area contributed by atoms with Crippen molar-refractivity contribution in [3.63, 3.8) is 0 Å². The second-order valence-electron chi connectivity index (χ2n) is 3.69. The molecule has 1 aromatic heterocycles. The Morgan fingerprint density at radius 2 is 2.19 bits per heavy atom. The molecule has 0 bridgehead atoms. The van der Waals surface area contributed by atoms with Gasteiger partial charge in [-0.3, -0.25) is 14.8 Å². The van der Waals surface area contributed by atoms with E-state index in [0.717, 1.165) is 11.3 Å². The topological polar surface area (TPSA) is 67.2 Å². The molecule has 0 radical (unpaired) electrons. The number of hydrogen-bond acceptors (Lipinski definition) is 3. The minimum Gasteiger partial charge on any atom is -0.311 e. The molecule has 2 rings (SSSR count). The van der Waals surface area contributed by atoms with E-state index in [1.54, 1.807) is 11.7 Å². The molecule has 1 fully saturated rings. The van der Waals surface area contributed by atoms with E-state index in [0.29, 0.717) is 11.7 Å². The molecule has 1 N–H and O–H groups in total. The molecule has 1 aliphatic heterocycles. The molecular formula is C9H11ClN4O2. The van der Waals surface area contributed by atoms with E-state index in [2.05, 4.69) is 10.4 Å². The maximum atomic E-state index is 11.3. The maximum absolute atomic E-state index is 11.3. The minimum atomic E-state index is -0.385. The van der Waals surface area contributed by atoms with Crippen LogP contribution in [0.25, 0.3) is 0 Å². The lowest BCUT2D eigenvalue weighted by molar-refractivity contribution is -0.118. The van der Waals surface area contributed by atoms with Crippen LogP contribution in [0.1, 0.15) is 11.3 Å². The number of aromatic nitrogens is 2. The summed E-state index contributed by atoms with van der Waals surface area (Å²) in [6.07, 6.45) is 0. The van der Waals surface area contributed by atoms with E-state index < -0.39 is 0 Å². The Hall–Kier alpha value is -1.56. The lowest BCUT2D eigenvalue weighted by atomic mass is 10.2. The first-order valence-electron chi connectivity index (χ1n) is 4.75. The van der Waals surface area contributed by atoms with Crippen LogP contribution in [-0.2, 0) is 18.4 Å². The van der Waals surface area contributed by atoms with E-state index >= 15 is 0 Å². The maximum Gasteiger partial charge on any atom is 0.324 e. The number of aryl methyl sites for hydroxylation is 2. The zero-order valence-electron chi connectivity index (χ0n) is 8.95. The van der Waals surface area contributed by atoms with Gasteiger partial charge in [0.2, 0.25) is 5.91 Å². The highest BCUT2D eigenvalue weighted by Crippen LogP contribution is 2.21. The molecule has 86 valence electrons. The van der Waals surface area contributed by atoms with Gasteiger partial charge in [-0.25, -0.2) is 4.79 Å². The smallest absolute Gasteiger partial charge is 0.311 e. The van der Waals surface area contributed by atoms with Crippen LogP contribution in [-0.4, -0.2) is 33.2 Å². The van der Waals surface area contributed by atoms with E-state index in [4.69, 9.17) is 11.6 Å². The fourth-order valence-electron chi connectivity index (χ4n) is 1.66. The molecule has 0 spiro atoms. The van der Waals surface area contributed by atoms with Gasteiger partial charge in [0.25, 0.3) is 0 Å². The Labute approximate surface area is 97.2 Å². The summed E-state index contributed by atoms with van der Waals surface area (Å²) in [7, 11) is 1.73. The number of amides is 3. The van der Waals surface area contributed by atoms with Crippen molar-refractivity contribution in [1.29, 1.82) is 0 Å². The molecule has 7 heteroatoms. The number of carbonyl (C=O) groups is 2. The van der Waals surface area contributed by atoms with Crippen molar-refractivity contribution >= 4 is 23.5 Å². The quantitative estimate of drug-likeness (QED) is 0.765. The van der Waals surface area contributed by atoms with Crippen molar-refractivity contribution < 1.29 is 9.59 Å². The molecule has 0 aliphatic carbocycles. The molecule has 0 aromatic carbocycles. The number of hydrogen-bond donors (Lipinski definition) is 1. The fourth-order valence-corrected chi connectivity index (χ4v) is 1.89. The van der Waals surface area contributed by atoms with Crippen LogP contribution in [0.4, 0.5) is 4.79 Å². The standard InChI is InChI=1S/C9H11ClN4O2/c1-5-6(8(10)13(2)12-5)3-14-4-7(15)11-9(14)16/h3-4H2,1-2H3,(H,11,15,16). The van der Waals surface area contributed by atoms with Gasteiger partial charge >= 0.3 is 6.03 Å². The average molecular weight is 243 g/mol. The van der Waals surface area contributed by atoms with Gasteiger partial charge in [0, 0.05) is 12.6 Å². The van der Waals surface area contributed by atoms with Crippen molar-refractivity contribution in [3.8, 4) is 0 Å². The van der Waals surface area contributed by atoms with Gasteiger partial charge in [-0.05, 0) is 6.92 Å². The number of nitrogens with one attached hydrogen (secondary N) is 1. The Bertz CT molecular complexity index is 468. The average Bonchev–Trinajstić information content (AvgIpc) is 2.62. The first-order valence-corrected chi connectivity index (χ1v) is 5.13. The molecule has 1 aromatic rings. The highest BCUT2D eigenvalue weighted by atomic mass is 35.5. The summed E-state index contributed by atoms with van der Waals surface area (Å²) in [6.45, 7) is 2.19. The zero-order valence-corrected chi connectivity index (χ0v) is 9.71. The Morgan fingerprint density at radius 1 is 1.50 bits per heavy atom. The Kier molecular flexibility index (Phi) is 2.59. The summed E-state index contributed by atoms with van der Waals surface area (Å²) in [5, 5.41) is 6.84. The number of urea groups is 1. The molecule has 1 aliphatic rings. The number of imide groups is 1. The molecular weight excluding hydrogens is 232 g/mol. The summed E-state index contributed by atoms with van der Waals surface area (Å²) in [4.78, 5) is 23.7. The lowest BCUT2D eigenvalue weighted by Crippen LogP contribution is -2.27. The van der Waals surface area contributed by atoms with Crippen LogP contribution in [0, 0.1) is 6.92 Å². The van der Waals surface area contributed by atoms with Crippen LogP contribution in [0.15, 0.2) is 0 Å². The van der Waals surface area contributed by atoms with Gasteiger partial charge in [0.1, 0.15) is 11.7 Å². The van der Waals surface area contributed by atoms with Crippen molar-refractivity contribution in [2.75, 3.05) is 6.54 Å². The minimum absolute atomic E-state index is 0.0729. The predicted molar refractivity (Wildman–Crippen MR) is 56.9 cm³/mol. The molecule has 3 amide bonds. The third-order valence-corrected chi connectivity index (χ3v) is 2.96. The summed E-state index contributed by atoms with van der Waals surface area (Å²) in [5.74, 6) is -0.289. The number of halogens is 1. The van der Waals surface area contributed by atoms with Gasteiger partial charge in [-0.15, -0.1) is 0 Å². The number of carbonyl (C=O) groups excluding carboxylic acids is 2. The van der Waals surface area contributed by atoms with Gasteiger partial charge in [0.15, 0.2) is 0 Å². The third-order valence-electron chi connectivity index (χ3n) is 2.49. The summed E-state index contributed by atoms with van der Waals surface area (Å²) >= 11 is 6.03. The largest absolute Gasteiger partial charge is 0.324 e. The first kappa shape index (κ1) is 10.9. The van der Waals surface area contributed by atoms with E-state index in [9.17, 15) is 9.59 Å². The molecule has 0 saturated carbocycles. The van der Waals surface area contributed by atoms with Gasteiger partial charge in [-0.2, -0.15) is 5.10 Å². The molecule has 2 heterocycles. The van der Waals surface area contributed by atoms with Gasteiger partial charge < -0.3 is 4.90 Å². The number of rotatable bonds is 2. The van der Waals surface area contributed by atoms with Crippen LogP contribution in [0.3, 0.4) is 0 Å². The number of nitrogens with zero attached hydrogens (tertiary/aromatic N) is 3. The van der Waals surface area contributed by atoms with Crippen LogP contribution >= 0.6 is 11.6 Å². The molecule has 6 nitrogen and oxygen atoms in total. The normalized spacial score (nSPS) is 15.8. The summed E-state index contributed by atoms with van der Waals surface area (Å²) < 4.78 is 1.54. The Morgan fingerprint density at radius 3 is 2.62 bits per heavy atom. The second-order valence-corrected chi connectivity index (χ2v) is 4.05. The van der Waals surface area contributed by atoms with Gasteiger partial charge in [-0.1, -0.05) is 11.6 Å². The SMILES string of the molecule is Cc1nn(C)c(Cl)c1CN1CC(=O)NC1=O. The van der Waals surface area contributed by atoms with Crippen LogP contribution < -0.4 is 5.32 Å². The fraction of sp³-hybridized carbons (Fsp3) is 0.444. The van der Waals surface area contributed by atoms with Crippen molar-refractivity contribution in [3.05, 3.63) is 16.4 Å². The molecule has 1 saturated heterocycles. The van der Waals surface area contributed by atoms with Crippen molar-refractivity contribution in [1.82, 2.24) is 20.0 Å². The zero-order chi connectivity index (χ0) is 11.9. The molecule has 16 heavy (non-hydrogen) atoms. The van der Waals surface area contributed by atoms with E-state index in [1.807, 2.05) is 6.92 Å². The second kappa shape index (κ2) is 3.79. The highest BCUT2D eigenvalue weighted by Gasteiger charge is 2.28. The first-order chi connectivity index (χ1) is 7.49. The Balaban J connectivity index is 2.21. The molecule has 0 atom stereocenters.